The Hall–Kier alpha value is -19.2. The van der Waals surface area contributed by atoms with E-state index in [-0.39, 0.29) is 10.6 Å². The fraction of sp³-hybridized carbons (Fsp3) is 0.0229. The third-order valence-electron chi connectivity index (χ3n) is 25.7. The molecule has 21 rings (SSSR count). The van der Waals surface area contributed by atoms with Crippen LogP contribution in [0.5, 0.6) is 0 Å². The molecule has 21 aromatic carbocycles. The highest BCUT2D eigenvalue weighted by Gasteiger charge is 2.21. The average Bonchev–Trinajstić information content (AvgIpc) is 0.796. The van der Waals surface area contributed by atoms with Crippen molar-refractivity contribution in [3.8, 4) is 112 Å². The number of nitrogens with zero attached hydrogens (tertiary/aromatic N) is 9. The molecule has 0 radical (unpaired) electrons. The third-order valence-corrected chi connectivity index (χ3v) is 25.7. The van der Waals surface area contributed by atoms with Crippen LogP contribution in [0.2, 0.25) is 0 Å². The second-order valence-electron chi connectivity index (χ2n) is 34.5. The zero-order chi connectivity index (χ0) is 96.9. The average molecular weight is 1830 g/mol. The van der Waals surface area contributed by atoms with Crippen LogP contribution in [0.25, 0.3) is 100 Å². The van der Waals surface area contributed by atoms with Crippen LogP contribution in [0.1, 0.15) is 11.1 Å². The van der Waals surface area contributed by atoms with Gasteiger partial charge in [-0.25, -0.2) is 0 Å². The molecule has 0 saturated heterocycles. The largest absolute Gasteiger partial charge is 0.345 e. The summed E-state index contributed by atoms with van der Waals surface area (Å²) >= 11 is 0. The number of nitro benzene ring substituents is 1. The SMILES string of the molecule is CN(c1ccc(-c2ccc(N(c3ccc(-c4ccccc4)cc3)c3ccc(-c4ccccc4)cc3)cc2)cc1)c1cccc(C#N)c1.CN(c1ccc(-c2ccc(N(c3ccc(-c4ccccc4)cc3)c3ccc(-c4ccccc4)cc3)cc2)cc1)c1cccc([N+](=O)[O-])c1.CN(c1ccc(C#N)cc1)c1ccc(-c2ccc(N(c3ccc(-c4ccccc4)cc3)c3ccc(-c4ccccc4)cc3)cc2)cc1. The summed E-state index contributed by atoms with van der Waals surface area (Å²) in [6.45, 7) is 0. The standard InChI is InChI=1S/2C44H33N3.C43H33N3O2/c1-46(44-14-8-9-33(31-44)32-45)40-23-15-38(16-24-40)39-21-29-43(30-22-39)47(41-25-17-36(18-26-41)34-10-4-2-5-11-34)42-27-19-37(20-28-42)35-12-6-3-7-13-35;1-46(40-22-12-33(32-45)13-23-40)41-24-14-38(15-25-41)39-20-30-44(31-21-39)47(42-26-16-36(17-27-42)34-8-4-2-5-9-34)43-28-18-37(19-29-43)35-10-6-3-7-11-35;1-44(42-13-8-14-43(31-42)46(47)48)38-23-15-36(16-24-38)37-21-29-41(30-22-37)45(39-25-17-34(18-26-39)32-9-4-2-5-10-32)40-27-19-35(20-28-40)33-11-6-3-7-12-33/h2*2-31H,1H3;2-31H,1H3. The summed E-state index contributed by atoms with van der Waals surface area (Å²) in [5.41, 5.74) is 38.1. The lowest BCUT2D eigenvalue weighted by Crippen LogP contribution is -2.10. The van der Waals surface area contributed by atoms with E-state index in [2.05, 4.69) is 461 Å². The lowest BCUT2D eigenvalue weighted by Gasteiger charge is -2.26. The Balaban J connectivity index is 0.000000135. The van der Waals surface area contributed by atoms with Gasteiger partial charge >= 0.3 is 0 Å². The van der Waals surface area contributed by atoms with Crippen LogP contribution in [0.4, 0.5) is 91.0 Å². The molecule has 0 N–H and O–H groups in total. The lowest BCUT2D eigenvalue weighted by atomic mass is 10.0. The zero-order valence-electron chi connectivity index (χ0n) is 78.8. The molecule has 11 nitrogen and oxygen atoms in total. The first-order valence-electron chi connectivity index (χ1n) is 47.3. The molecule has 680 valence electrons. The van der Waals surface area contributed by atoms with Crippen LogP contribution < -0.4 is 29.4 Å². The Morgan fingerprint density at radius 3 is 0.521 bits per heavy atom. The third kappa shape index (κ3) is 21.7. The molecule has 0 spiro atoms. The quantitative estimate of drug-likeness (QED) is 0.0405. The van der Waals surface area contributed by atoms with Crippen molar-refractivity contribution in [3.05, 3.63) is 567 Å². The van der Waals surface area contributed by atoms with Gasteiger partial charge in [-0.3, -0.25) is 10.1 Å². The summed E-state index contributed by atoms with van der Waals surface area (Å²) in [7, 11) is 5.97. The minimum atomic E-state index is -0.370. The summed E-state index contributed by atoms with van der Waals surface area (Å²) in [4.78, 5) is 24.0. The van der Waals surface area contributed by atoms with Crippen molar-refractivity contribution in [2.45, 2.75) is 0 Å². The van der Waals surface area contributed by atoms with Crippen LogP contribution >= 0.6 is 0 Å². The lowest BCUT2D eigenvalue weighted by molar-refractivity contribution is -0.384. The highest BCUT2D eigenvalue weighted by atomic mass is 16.6. The number of benzene rings is 21. The maximum atomic E-state index is 11.3. The van der Waals surface area contributed by atoms with Gasteiger partial charge in [0.25, 0.3) is 5.69 Å². The molecule has 0 amide bonds. The Morgan fingerprint density at radius 1 is 0.169 bits per heavy atom. The van der Waals surface area contributed by atoms with E-state index in [9.17, 15) is 15.4 Å². The molecular weight excluding hydrogens is 1730 g/mol. The minimum absolute atomic E-state index is 0.0735. The van der Waals surface area contributed by atoms with E-state index in [0.717, 1.165) is 119 Å². The molecule has 0 aliphatic carbocycles. The Morgan fingerprint density at radius 2 is 0.331 bits per heavy atom. The smallest absolute Gasteiger partial charge is 0.271 e. The van der Waals surface area contributed by atoms with Crippen molar-refractivity contribution in [1.82, 2.24) is 0 Å². The molecule has 21 aromatic rings. The minimum Gasteiger partial charge on any atom is -0.345 e. The van der Waals surface area contributed by atoms with E-state index in [1.165, 1.54) is 72.8 Å². The summed E-state index contributed by atoms with van der Waals surface area (Å²) in [6.07, 6.45) is 0. The normalized spacial score (nSPS) is 10.7. The summed E-state index contributed by atoms with van der Waals surface area (Å²) < 4.78 is 0. The number of nitro groups is 1. The van der Waals surface area contributed by atoms with Gasteiger partial charge in [-0.05, 0) is 294 Å². The molecule has 0 heterocycles. The van der Waals surface area contributed by atoms with E-state index in [0.29, 0.717) is 11.1 Å². The van der Waals surface area contributed by atoms with Crippen molar-refractivity contribution < 1.29 is 4.92 Å². The number of nitriles is 2. The fourth-order valence-electron chi connectivity index (χ4n) is 17.8. The van der Waals surface area contributed by atoms with Crippen LogP contribution in [-0.2, 0) is 0 Å². The Kier molecular flexibility index (Phi) is 28.2. The van der Waals surface area contributed by atoms with E-state index in [4.69, 9.17) is 5.26 Å². The van der Waals surface area contributed by atoms with Crippen LogP contribution in [0.15, 0.2) is 546 Å². The highest BCUT2D eigenvalue weighted by molar-refractivity contribution is 5.87. The second kappa shape index (κ2) is 43.6. The van der Waals surface area contributed by atoms with E-state index in [1.54, 1.807) is 12.1 Å². The predicted molar refractivity (Wildman–Crippen MR) is 592 cm³/mol. The van der Waals surface area contributed by atoms with Crippen LogP contribution in [0.3, 0.4) is 0 Å². The van der Waals surface area contributed by atoms with Crippen LogP contribution in [-0.4, -0.2) is 26.1 Å². The summed E-state index contributed by atoms with van der Waals surface area (Å²) in [5.74, 6) is 0. The molecule has 142 heavy (non-hydrogen) atoms. The van der Waals surface area contributed by atoms with Gasteiger partial charge in [-0.1, -0.05) is 340 Å². The first kappa shape index (κ1) is 91.9. The molecule has 0 atom stereocenters. The maximum absolute atomic E-state index is 11.3. The van der Waals surface area contributed by atoms with Gasteiger partial charge in [0.2, 0.25) is 0 Å². The Bertz CT molecular complexity index is 7600. The number of anilines is 15. The van der Waals surface area contributed by atoms with Gasteiger partial charge in [-0.2, -0.15) is 10.5 Å². The molecule has 0 bridgehead atoms. The number of hydrogen-bond acceptors (Lipinski definition) is 10. The number of hydrogen-bond donors (Lipinski definition) is 0. The summed E-state index contributed by atoms with van der Waals surface area (Å²) in [6, 6.07) is 193. The van der Waals surface area contributed by atoms with Gasteiger partial charge in [-0.15, -0.1) is 0 Å². The molecule has 0 fully saturated rings. The van der Waals surface area contributed by atoms with Crippen LogP contribution in [0, 0.1) is 32.8 Å². The molecule has 0 unspecified atom stereocenters. The van der Waals surface area contributed by atoms with E-state index >= 15 is 0 Å². The van der Waals surface area contributed by atoms with Crippen molar-refractivity contribution >= 4 is 91.0 Å². The zero-order valence-corrected chi connectivity index (χ0v) is 78.8. The van der Waals surface area contributed by atoms with Gasteiger partial charge in [0.1, 0.15) is 0 Å². The topological polar surface area (TPSA) is 110 Å². The van der Waals surface area contributed by atoms with Crippen molar-refractivity contribution in [3.63, 3.8) is 0 Å². The highest BCUT2D eigenvalue weighted by Crippen LogP contribution is 2.44. The van der Waals surface area contributed by atoms with Gasteiger partial charge in [0.15, 0.2) is 0 Å². The molecule has 11 heteroatoms. The number of non-ortho nitro benzene ring substituents is 1. The summed E-state index contributed by atoms with van der Waals surface area (Å²) in [5, 5.41) is 29.7. The second-order valence-corrected chi connectivity index (χ2v) is 34.5. The van der Waals surface area contributed by atoms with E-state index < -0.39 is 0 Å². The fourth-order valence-corrected chi connectivity index (χ4v) is 17.8. The van der Waals surface area contributed by atoms with E-state index in [1.807, 2.05) is 129 Å². The predicted octanol–water partition coefficient (Wildman–Crippen LogP) is 35.4. The first-order chi connectivity index (χ1) is 69.8. The molecule has 0 saturated carbocycles. The molecule has 0 aliphatic rings. The number of rotatable bonds is 25. The van der Waals surface area contributed by atoms with Gasteiger partial charge in [0, 0.05) is 119 Å². The monoisotopic (exact) mass is 1830 g/mol. The van der Waals surface area contributed by atoms with Gasteiger partial charge in [0.05, 0.1) is 28.2 Å². The molecular formula is C131H99N9O2. The maximum Gasteiger partial charge on any atom is 0.271 e. The van der Waals surface area contributed by atoms with Crippen molar-refractivity contribution in [2.75, 3.05) is 50.5 Å². The van der Waals surface area contributed by atoms with Gasteiger partial charge < -0.3 is 29.4 Å². The molecule has 0 aromatic heterocycles. The van der Waals surface area contributed by atoms with Crippen molar-refractivity contribution in [1.29, 1.82) is 10.5 Å². The molecule has 0 aliphatic heterocycles. The Labute approximate surface area is 830 Å². The van der Waals surface area contributed by atoms with Crippen molar-refractivity contribution in [2.24, 2.45) is 0 Å². The first-order valence-corrected chi connectivity index (χ1v) is 47.3.